The van der Waals surface area contributed by atoms with Crippen molar-refractivity contribution in [3.8, 4) is 0 Å². The van der Waals surface area contributed by atoms with Gasteiger partial charge in [-0.1, -0.05) is 30.3 Å². The fourth-order valence-corrected chi connectivity index (χ4v) is 5.09. The Hall–Kier alpha value is -1.96. The molecule has 0 radical (unpaired) electrons. The zero-order chi connectivity index (χ0) is 17.6. The average molecular weight is 360 g/mol. The predicted octanol–water partition coefficient (Wildman–Crippen LogP) is 1.32. The molecule has 7 heteroatoms. The summed E-state index contributed by atoms with van der Waals surface area (Å²) in [6.45, 7) is 1.05. The van der Waals surface area contributed by atoms with Crippen LogP contribution >= 0.6 is 0 Å². The molecular formula is C18H20N2O4S. The van der Waals surface area contributed by atoms with Crippen molar-refractivity contribution >= 4 is 26.7 Å². The Labute approximate surface area is 147 Å². The standard InChI is InChI=1S/C18H20N2O4S/c1-19-16-10-20(9-15(18(19)21)11-24-12-16)25(22,23)17-7-6-13-4-2-3-5-14(13)8-17/h2-8,15-16H,9-12H2,1H3/t15-,16-/m0/s1. The lowest BCUT2D eigenvalue weighted by Crippen LogP contribution is -2.45. The number of ether oxygens (including phenoxy) is 1. The largest absolute Gasteiger partial charge is 0.378 e. The van der Waals surface area contributed by atoms with E-state index < -0.39 is 15.9 Å². The Bertz CT molecular complexity index is 928. The SMILES string of the molecule is CN1C(=O)[C@@H]2COC[C@@H]1CN(S(=O)(=O)c1ccc3ccccc3c1)C2. The van der Waals surface area contributed by atoms with Gasteiger partial charge < -0.3 is 9.64 Å². The number of fused-ring (bicyclic) bond motifs is 4. The van der Waals surface area contributed by atoms with Crippen molar-refractivity contribution in [2.45, 2.75) is 10.9 Å². The minimum Gasteiger partial charge on any atom is -0.378 e. The monoisotopic (exact) mass is 360 g/mol. The lowest BCUT2D eigenvalue weighted by molar-refractivity contribution is -0.133. The normalized spacial score (nSPS) is 25.2. The van der Waals surface area contributed by atoms with Gasteiger partial charge in [0.05, 0.1) is 30.1 Å². The minimum absolute atomic E-state index is 0.0429. The van der Waals surface area contributed by atoms with Gasteiger partial charge in [0.25, 0.3) is 0 Å². The Balaban J connectivity index is 1.72. The molecule has 0 spiro atoms. The van der Waals surface area contributed by atoms with Crippen LogP contribution in [0.1, 0.15) is 0 Å². The molecule has 132 valence electrons. The van der Waals surface area contributed by atoms with E-state index >= 15 is 0 Å². The number of carbonyl (C=O) groups is 1. The summed E-state index contributed by atoms with van der Waals surface area (Å²) in [5, 5.41) is 1.88. The van der Waals surface area contributed by atoms with E-state index in [1.54, 1.807) is 24.1 Å². The average Bonchev–Trinajstić information content (AvgIpc) is 2.79. The second-order valence-corrected chi connectivity index (χ2v) is 8.61. The molecule has 2 heterocycles. The first-order valence-electron chi connectivity index (χ1n) is 8.30. The van der Waals surface area contributed by atoms with Gasteiger partial charge in [-0.2, -0.15) is 4.31 Å². The van der Waals surface area contributed by atoms with Crippen LogP contribution in [-0.4, -0.2) is 62.9 Å². The number of benzene rings is 2. The van der Waals surface area contributed by atoms with Gasteiger partial charge in [-0.15, -0.1) is 0 Å². The maximum absolute atomic E-state index is 13.2. The molecule has 0 unspecified atom stereocenters. The first-order chi connectivity index (χ1) is 12.0. The van der Waals surface area contributed by atoms with Crippen molar-refractivity contribution in [1.29, 1.82) is 0 Å². The molecule has 2 aliphatic rings. The lowest BCUT2D eigenvalue weighted by atomic mass is 10.1. The fourth-order valence-electron chi connectivity index (χ4n) is 3.53. The predicted molar refractivity (Wildman–Crippen MR) is 93.6 cm³/mol. The van der Waals surface area contributed by atoms with Gasteiger partial charge in [-0.05, 0) is 22.9 Å². The summed E-state index contributed by atoms with van der Waals surface area (Å²) in [5.41, 5.74) is 0. The first-order valence-corrected chi connectivity index (χ1v) is 9.74. The van der Waals surface area contributed by atoms with Crippen LogP contribution in [0.15, 0.2) is 47.4 Å². The number of rotatable bonds is 2. The van der Waals surface area contributed by atoms with Gasteiger partial charge in [-0.3, -0.25) is 4.79 Å². The van der Waals surface area contributed by atoms with Gasteiger partial charge in [0, 0.05) is 20.1 Å². The van der Waals surface area contributed by atoms with Crippen molar-refractivity contribution in [2.24, 2.45) is 5.92 Å². The molecule has 1 amide bonds. The number of sulfonamides is 1. The van der Waals surface area contributed by atoms with E-state index in [0.717, 1.165) is 10.8 Å². The highest BCUT2D eigenvalue weighted by Crippen LogP contribution is 2.27. The van der Waals surface area contributed by atoms with Crippen LogP contribution in [0.5, 0.6) is 0 Å². The smallest absolute Gasteiger partial charge is 0.243 e. The van der Waals surface area contributed by atoms with Crippen LogP contribution in [0.25, 0.3) is 10.8 Å². The maximum Gasteiger partial charge on any atom is 0.243 e. The zero-order valence-corrected chi connectivity index (χ0v) is 14.8. The molecule has 0 aliphatic carbocycles. The second kappa shape index (κ2) is 6.09. The van der Waals surface area contributed by atoms with Gasteiger partial charge >= 0.3 is 0 Å². The van der Waals surface area contributed by atoms with Crippen LogP contribution in [-0.2, 0) is 19.6 Å². The van der Waals surface area contributed by atoms with Gasteiger partial charge in [0.2, 0.25) is 15.9 Å². The summed E-state index contributed by atoms with van der Waals surface area (Å²) in [4.78, 5) is 14.3. The Morgan fingerprint density at radius 1 is 1.04 bits per heavy atom. The molecule has 4 rings (SSSR count). The molecule has 2 aromatic carbocycles. The van der Waals surface area contributed by atoms with E-state index in [2.05, 4.69) is 0 Å². The van der Waals surface area contributed by atoms with E-state index in [4.69, 9.17) is 4.74 Å². The van der Waals surface area contributed by atoms with Crippen LogP contribution in [0.2, 0.25) is 0 Å². The summed E-state index contributed by atoms with van der Waals surface area (Å²) in [5.74, 6) is -0.494. The highest BCUT2D eigenvalue weighted by Gasteiger charge is 2.41. The number of nitrogens with zero attached hydrogens (tertiary/aromatic N) is 2. The molecule has 2 saturated heterocycles. The third-order valence-electron chi connectivity index (χ3n) is 5.07. The Kier molecular flexibility index (Phi) is 4.02. The summed E-state index contributed by atoms with van der Waals surface area (Å²) >= 11 is 0. The van der Waals surface area contributed by atoms with Gasteiger partial charge in [0.15, 0.2) is 0 Å². The van der Waals surface area contributed by atoms with Crippen LogP contribution in [0, 0.1) is 5.92 Å². The molecule has 0 saturated carbocycles. The highest BCUT2D eigenvalue weighted by atomic mass is 32.2. The molecule has 6 nitrogen and oxygen atoms in total. The minimum atomic E-state index is -3.67. The van der Waals surface area contributed by atoms with Crippen molar-refractivity contribution in [1.82, 2.24) is 9.21 Å². The molecule has 0 N–H and O–H groups in total. The van der Waals surface area contributed by atoms with Crippen LogP contribution in [0.3, 0.4) is 0 Å². The van der Waals surface area contributed by atoms with Crippen molar-refractivity contribution in [3.63, 3.8) is 0 Å². The van der Waals surface area contributed by atoms with E-state index in [-0.39, 0.29) is 36.5 Å². The van der Waals surface area contributed by atoms with E-state index in [1.165, 1.54) is 4.31 Å². The summed E-state index contributed by atoms with van der Waals surface area (Å²) in [7, 11) is -1.94. The van der Waals surface area contributed by atoms with Crippen molar-refractivity contribution in [2.75, 3.05) is 33.4 Å². The van der Waals surface area contributed by atoms with Crippen molar-refractivity contribution < 1.29 is 17.9 Å². The second-order valence-electron chi connectivity index (χ2n) is 6.67. The van der Waals surface area contributed by atoms with E-state index in [1.807, 2.05) is 30.3 Å². The summed E-state index contributed by atoms with van der Waals surface area (Å²) in [6.07, 6.45) is 0. The Morgan fingerprint density at radius 3 is 2.60 bits per heavy atom. The number of amides is 1. The first kappa shape index (κ1) is 16.5. The summed E-state index contributed by atoms with van der Waals surface area (Å²) in [6, 6.07) is 12.6. The van der Waals surface area contributed by atoms with E-state index in [0.29, 0.717) is 6.61 Å². The molecular weight excluding hydrogens is 340 g/mol. The molecule has 2 aliphatic heterocycles. The summed E-state index contributed by atoms with van der Waals surface area (Å²) < 4.78 is 33.4. The topological polar surface area (TPSA) is 66.9 Å². The van der Waals surface area contributed by atoms with Crippen LogP contribution in [0.4, 0.5) is 0 Å². The number of hydrogen-bond acceptors (Lipinski definition) is 4. The molecule has 2 bridgehead atoms. The number of likely N-dealkylation sites (N-methyl/N-ethyl adjacent to an activating group) is 1. The number of carbonyl (C=O) groups excluding carboxylic acids is 1. The molecule has 25 heavy (non-hydrogen) atoms. The van der Waals surface area contributed by atoms with Crippen LogP contribution < -0.4 is 0 Å². The van der Waals surface area contributed by atoms with Gasteiger partial charge in [-0.25, -0.2) is 8.42 Å². The zero-order valence-electron chi connectivity index (χ0n) is 14.0. The van der Waals surface area contributed by atoms with E-state index in [9.17, 15) is 13.2 Å². The third-order valence-corrected chi connectivity index (χ3v) is 6.90. The third kappa shape index (κ3) is 2.82. The number of hydrogen-bond donors (Lipinski definition) is 0. The highest BCUT2D eigenvalue weighted by molar-refractivity contribution is 7.89. The Morgan fingerprint density at radius 2 is 1.80 bits per heavy atom. The molecule has 0 aromatic heterocycles. The molecule has 2 atom stereocenters. The molecule has 2 aromatic rings. The van der Waals surface area contributed by atoms with Crippen molar-refractivity contribution in [3.05, 3.63) is 42.5 Å². The fraction of sp³-hybridized carbons (Fsp3) is 0.389. The maximum atomic E-state index is 13.2. The van der Waals surface area contributed by atoms with Gasteiger partial charge in [0.1, 0.15) is 0 Å². The quantitative estimate of drug-likeness (QED) is 0.810. The lowest BCUT2D eigenvalue weighted by Gasteiger charge is -2.28. The molecule has 2 fully saturated rings.